The molecule has 2 aliphatic heterocycles. The lowest BCUT2D eigenvalue weighted by atomic mass is 9.99. The van der Waals surface area contributed by atoms with E-state index < -0.39 is 11.1 Å². The monoisotopic (exact) mass is 404 g/mol. The summed E-state index contributed by atoms with van der Waals surface area (Å²) < 4.78 is 5.11. The minimum atomic E-state index is -0.449. The van der Waals surface area contributed by atoms with Crippen LogP contribution in [-0.2, 0) is 9.59 Å². The van der Waals surface area contributed by atoms with Gasteiger partial charge in [0.15, 0.2) is 0 Å². The van der Waals surface area contributed by atoms with Gasteiger partial charge in [0.2, 0.25) is 5.91 Å². The van der Waals surface area contributed by atoms with E-state index in [-0.39, 0.29) is 25.1 Å². The lowest BCUT2D eigenvalue weighted by Crippen LogP contribution is -2.49. The van der Waals surface area contributed by atoms with Gasteiger partial charge >= 0.3 is 0 Å². The van der Waals surface area contributed by atoms with Gasteiger partial charge in [-0.2, -0.15) is 0 Å². The van der Waals surface area contributed by atoms with Crippen LogP contribution in [0.5, 0.6) is 5.75 Å². The van der Waals surface area contributed by atoms with Gasteiger partial charge in [0.25, 0.3) is 11.1 Å². The maximum atomic E-state index is 12.7. The number of ether oxygens (including phenoxy) is 1. The van der Waals surface area contributed by atoms with Gasteiger partial charge in [-0.1, -0.05) is 12.1 Å². The Morgan fingerprint density at radius 1 is 1.29 bits per heavy atom. The third-order valence-corrected chi connectivity index (χ3v) is 5.90. The van der Waals surface area contributed by atoms with Crippen LogP contribution in [0.1, 0.15) is 31.2 Å². The molecule has 1 aromatic rings. The molecule has 150 valence electrons. The van der Waals surface area contributed by atoms with Crippen molar-refractivity contribution >= 4 is 34.9 Å². The van der Waals surface area contributed by atoms with Gasteiger partial charge in [0.05, 0.1) is 12.0 Å². The quantitative estimate of drug-likeness (QED) is 0.733. The summed E-state index contributed by atoms with van der Waals surface area (Å²) in [5.74, 6) is 0.0100. The first-order valence-electron chi connectivity index (χ1n) is 9.33. The standard InChI is InChI=1S/C20H24N2O5S/c1-27-16-7-5-14(6-8-16)12-17-19(25)22(20(26)28-17)13-18(24)21-10-3-2-4-15(21)9-11-23/h5-8,12,15,23H,2-4,9-11,13H2,1H3/b17-12-/t15-/m0/s1. The molecule has 2 fully saturated rings. The number of rotatable bonds is 6. The largest absolute Gasteiger partial charge is 0.497 e. The van der Waals surface area contributed by atoms with Gasteiger partial charge in [-0.25, -0.2) is 0 Å². The van der Waals surface area contributed by atoms with Crippen molar-refractivity contribution in [3.05, 3.63) is 34.7 Å². The zero-order valence-corrected chi connectivity index (χ0v) is 16.6. The van der Waals surface area contributed by atoms with Crippen LogP contribution < -0.4 is 4.74 Å². The number of imide groups is 1. The highest BCUT2D eigenvalue weighted by Crippen LogP contribution is 2.32. The van der Waals surface area contributed by atoms with Crippen LogP contribution in [0, 0.1) is 0 Å². The number of carbonyl (C=O) groups is 3. The molecule has 0 unspecified atom stereocenters. The van der Waals surface area contributed by atoms with E-state index in [9.17, 15) is 19.5 Å². The van der Waals surface area contributed by atoms with E-state index in [4.69, 9.17) is 4.74 Å². The molecule has 0 spiro atoms. The lowest BCUT2D eigenvalue weighted by molar-refractivity contribution is -0.139. The smallest absolute Gasteiger partial charge is 0.294 e. The minimum Gasteiger partial charge on any atom is -0.497 e. The van der Waals surface area contributed by atoms with Crippen LogP contribution in [-0.4, -0.2) is 64.8 Å². The molecular weight excluding hydrogens is 380 g/mol. The first kappa shape index (κ1) is 20.4. The van der Waals surface area contributed by atoms with Crippen LogP contribution in [0.3, 0.4) is 0 Å². The summed E-state index contributed by atoms with van der Waals surface area (Å²) in [4.78, 5) is 40.7. The first-order valence-corrected chi connectivity index (χ1v) is 10.1. The fourth-order valence-corrected chi connectivity index (χ4v) is 4.33. The number of carbonyl (C=O) groups excluding carboxylic acids is 3. The molecule has 1 atom stereocenters. The average molecular weight is 404 g/mol. The van der Waals surface area contributed by atoms with Gasteiger partial charge in [0, 0.05) is 19.2 Å². The van der Waals surface area contributed by atoms with Crippen LogP contribution in [0.2, 0.25) is 0 Å². The summed E-state index contributed by atoms with van der Waals surface area (Å²) in [6.45, 7) is 0.356. The van der Waals surface area contributed by atoms with Gasteiger partial charge in [-0.05, 0) is 61.2 Å². The molecule has 2 saturated heterocycles. The third kappa shape index (κ3) is 4.56. The summed E-state index contributed by atoms with van der Waals surface area (Å²) >= 11 is 0.843. The molecule has 3 rings (SSSR count). The number of thioether (sulfide) groups is 1. The van der Waals surface area contributed by atoms with Crippen LogP contribution >= 0.6 is 11.8 Å². The molecule has 3 amide bonds. The number of benzene rings is 1. The molecule has 0 aromatic heterocycles. The Kier molecular flexibility index (Phi) is 6.74. The molecule has 7 nitrogen and oxygen atoms in total. The lowest BCUT2D eigenvalue weighted by Gasteiger charge is -2.36. The summed E-state index contributed by atoms with van der Waals surface area (Å²) in [5, 5.41) is 8.78. The molecule has 2 aliphatic rings. The summed E-state index contributed by atoms with van der Waals surface area (Å²) in [6, 6.07) is 7.12. The SMILES string of the molecule is COc1ccc(/C=C2\SC(=O)N(CC(=O)N3CCCC[C@H]3CCO)C2=O)cc1. The number of hydrogen-bond acceptors (Lipinski definition) is 6. The highest BCUT2D eigenvalue weighted by Gasteiger charge is 2.38. The Balaban J connectivity index is 1.69. The number of likely N-dealkylation sites (tertiary alicyclic amines) is 1. The van der Waals surface area contributed by atoms with Crippen molar-refractivity contribution in [2.75, 3.05) is 26.8 Å². The molecule has 28 heavy (non-hydrogen) atoms. The third-order valence-electron chi connectivity index (χ3n) is 4.99. The second kappa shape index (κ2) is 9.25. The molecule has 1 N–H and O–H groups in total. The van der Waals surface area contributed by atoms with Crippen LogP contribution in [0.25, 0.3) is 6.08 Å². The fourth-order valence-electron chi connectivity index (χ4n) is 3.49. The van der Waals surface area contributed by atoms with Gasteiger partial charge in [-0.15, -0.1) is 0 Å². The summed E-state index contributed by atoms with van der Waals surface area (Å²) in [5.41, 5.74) is 0.775. The molecule has 0 bridgehead atoms. The Labute approximate surface area is 168 Å². The van der Waals surface area contributed by atoms with E-state index in [1.807, 2.05) is 0 Å². The van der Waals surface area contributed by atoms with Crippen LogP contribution in [0.15, 0.2) is 29.2 Å². The van der Waals surface area contributed by atoms with Gasteiger partial charge < -0.3 is 14.7 Å². The second-order valence-corrected chi connectivity index (χ2v) is 7.78. The molecular formula is C20H24N2O5S. The van der Waals surface area contributed by atoms with Crippen LogP contribution in [0.4, 0.5) is 4.79 Å². The van der Waals surface area contributed by atoms with E-state index in [1.165, 1.54) is 0 Å². The number of aliphatic hydroxyl groups excluding tert-OH is 1. The van der Waals surface area contributed by atoms with Crippen molar-refractivity contribution in [1.82, 2.24) is 9.80 Å². The topological polar surface area (TPSA) is 87.2 Å². The van der Waals surface area contributed by atoms with E-state index >= 15 is 0 Å². The van der Waals surface area contributed by atoms with Crippen molar-refractivity contribution in [3.63, 3.8) is 0 Å². The van der Waals surface area contributed by atoms with Gasteiger partial charge in [0.1, 0.15) is 12.3 Å². The highest BCUT2D eigenvalue weighted by molar-refractivity contribution is 8.18. The molecule has 0 saturated carbocycles. The number of amides is 3. The maximum Gasteiger partial charge on any atom is 0.294 e. The Bertz CT molecular complexity index is 775. The predicted molar refractivity (Wildman–Crippen MR) is 107 cm³/mol. The van der Waals surface area contributed by atoms with E-state index in [1.54, 1.807) is 42.4 Å². The zero-order chi connectivity index (χ0) is 20.1. The molecule has 1 aromatic carbocycles. The van der Waals surface area contributed by atoms with E-state index in [2.05, 4.69) is 0 Å². The zero-order valence-electron chi connectivity index (χ0n) is 15.8. The highest BCUT2D eigenvalue weighted by atomic mass is 32.2. The van der Waals surface area contributed by atoms with Crippen molar-refractivity contribution < 1.29 is 24.2 Å². The number of aliphatic hydroxyl groups is 1. The molecule has 0 aliphatic carbocycles. The van der Waals surface area contributed by atoms with Crippen molar-refractivity contribution in [1.29, 1.82) is 0 Å². The minimum absolute atomic E-state index is 0.0145. The fraction of sp³-hybridized carbons (Fsp3) is 0.450. The number of hydrogen-bond donors (Lipinski definition) is 1. The number of nitrogens with zero attached hydrogens (tertiary/aromatic N) is 2. The Hall–Kier alpha value is -2.32. The first-order chi connectivity index (χ1) is 13.5. The normalized spacial score (nSPS) is 21.5. The van der Waals surface area contributed by atoms with E-state index in [0.717, 1.165) is 41.5 Å². The Morgan fingerprint density at radius 2 is 2.04 bits per heavy atom. The van der Waals surface area contributed by atoms with Gasteiger partial charge in [-0.3, -0.25) is 19.3 Å². The Morgan fingerprint density at radius 3 is 2.71 bits per heavy atom. The molecule has 2 heterocycles. The predicted octanol–water partition coefficient (Wildman–Crippen LogP) is 2.50. The number of piperidine rings is 1. The maximum absolute atomic E-state index is 12.7. The molecule has 0 radical (unpaired) electrons. The van der Waals surface area contributed by atoms with Crippen molar-refractivity contribution in [2.24, 2.45) is 0 Å². The molecule has 8 heteroatoms. The summed E-state index contributed by atoms with van der Waals surface area (Å²) in [7, 11) is 1.57. The van der Waals surface area contributed by atoms with Crippen molar-refractivity contribution in [2.45, 2.75) is 31.7 Å². The van der Waals surface area contributed by atoms with Crippen molar-refractivity contribution in [3.8, 4) is 5.75 Å². The second-order valence-electron chi connectivity index (χ2n) is 6.79. The summed E-state index contributed by atoms with van der Waals surface area (Å²) in [6.07, 6.45) is 4.91. The number of methoxy groups -OCH3 is 1. The average Bonchev–Trinajstić information content (AvgIpc) is 2.96. The van der Waals surface area contributed by atoms with E-state index in [0.29, 0.717) is 23.6 Å².